The number of hydrogen-bond donors (Lipinski definition) is 0. The Balaban J connectivity index is 2.51. The van der Waals surface area contributed by atoms with Gasteiger partial charge in [-0.1, -0.05) is 67.3 Å². The van der Waals surface area contributed by atoms with E-state index in [1.54, 1.807) is 28.4 Å². The third kappa shape index (κ3) is 7.38. The minimum atomic E-state index is 0.597. The molecule has 0 aliphatic rings. The zero-order chi connectivity index (χ0) is 20.8. The van der Waals surface area contributed by atoms with Gasteiger partial charge in [0.1, 0.15) is 0 Å². The average molecular weight is 459 g/mol. The summed E-state index contributed by atoms with van der Waals surface area (Å²) in [5, 5.41) is 1.14. The second kappa shape index (κ2) is 14.8. The predicted octanol–water partition coefficient (Wildman–Crippen LogP) is 6.87. The van der Waals surface area contributed by atoms with Crippen molar-refractivity contribution in [3.63, 3.8) is 0 Å². The Bertz CT molecular complexity index is 560. The minimum Gasteiger partial charge on any atom is -0.492 e. The lowest BCUT2D eigenvalue weighted by Crippen LogP contribution is -2.05. The van der Waals surface area contributed by atoms with Gasteiger partial charge in [0.2, 0.25) is 11.5 Å². The summed E-state index contributed by atoms with van der Waals surface area (Å²) >= 11 is 3.49. The molecule has 162 valence electrons. The third-order valence-electron chi connectivity index (χ3n) is 5.31. The Morgan fingerprint density at radius 2 is 0.929 bits per heavy atom. The molecule has 0 aliphatic heterocycles. The van der Waals surface area contributed by atoms with Gasteiger partial charge in [-0.3, -0.25) is 0 Å². The van der Waals surface area contributed by atoms with Gasteiger partial charge >= 0.3 is 0 Å². The SMILES string of the molecule is COc1c(C)c(CCCCCCCCCCCCBr)c(OC)c(OC)c1OC. The molecule has 0 heterocycles. The van der Waals surface area contributed by atoms with Gasteiger partial charge in [-0.25, -0.2) is 0 Å². The molecule has 0 spiro atoms. The Hall–Kier alpha value is -1.10. The lowest BCUT2D eigenvalue weighted by Gasteiger charge is -2.21. The van der Waals surface area contributed by atoms with Crippen LogP contribution in [0.1, 0.15) is 75.3 Å². The van der Waals surface area contributed by atoms with Gasteiger partial charge in [0.15, 0.2) is 11.5 Å². The van der Waals surface area contributed by atoms with Crippen molar-refractivity contribution < 1.29 is 18.9 Å². The molecule has 0 aromatic heterocycles. The van der Waals surface area contributed by atoms with E-state index in [1.807, 2.05) is 0 Å². The summed E-state index contributed by atoms with van der Waals surface area (Å²) in [4.78, 5) is 0. The van der Waals surface area contributed by atoms with Crippen molar-refractivity contribution in [1.29, 1.82) is 0 Å². The van der Waals surface area contributed by atoms with Crippen LogP contribution in [0.4, 0.5) is 0 Å². The number of alkyl halides is 1. The van der Waals surface area contributed by atoms with Crippen LogP contribution in [-0.2, 0) is 6.42 Å². The van der Waals surface area contributed by atoms with E-state index in [-0.39, 0.29) is 0 Å². The van der Waals surface area contributed by atoms with Crippen LogP contribution in [0.15, 0.2) is 0 Å². The fourth-order valence-electron chi connectivity index (χ4n) is 3.76. The van der Waals surface area contributed by atoms with E-state index < -0.39 is 0 Å². The molecule has 4 nitrogen and oxygen atoms in total. The van der Waals surface area contributed by atoms with E-state index in [9.17, 15) is 0 Å². The zero-order valence-corrected chi connectivity index (χ0v) is 20.1. The van der Waals surface area contributed by atoms with Gasteiger partial charge in [-0.05, 0) is 26.2 Å². The molecule has 0 saturated heterocycles. The summed E-state index contributed by atoms with van der Waals surface area (Å²) < 4.78 is 22.4. The van der Waals surface area contributed by atoms with Gasteiger partial charge in [-0.2, -0.15) is 0 Å². The van der Waals surface area contributed by atoms with Crippen molar-refractivity contribution in [3.8, 4) is 23.0 Å². The molecule has 0 bridgehead atoms. The van der Waals surface area contributed by atoms with E-state index in [2.05, 4.69) is 22.9 Å². The van der Waals surface area contributed by atoms with Crippen LogP contribution in [0, 0.1) is 6.92 Å². The quantitative estimate of drug-likeness (QED) is 0.200. The van der Waals surface area contributed by atoms with Crippen molar-refractivity contribution >= 4 is 15.9 Å². The van der Waals surface area contributed by atoms with Crippen LogP contribution in [-0.4, -0.2) is 33.8 Å². The lowest BCUT2D eigenvalue weighted by molar-refractivity contribution is 0.302. The number of unbranched alkanes of at least 4 members (excludes halogenated alkanes) is 9. The van der Waals surface area contributed by atoms with Gasteiger partial charge < -0.3 is 18.9 Å². The van der Waals surface area contributed by atoms with E-state index in [0.717, 1.165) is 40.8 Å². The molecule has 1 rings (SSSR count). The molecular formula is C23H39BrO4. The van der Waals surface area contributed by atoms with E-state index in [1.165, 1.54) is 57.8 Å². The highest BCUT2D eigenvalue weighted by molar-refractivity contribution is 9.09. The molecule has 28 heavy (non-hydrogen) atoms. The molecule has 0 saturated carbocycles. The lowest BCUT2D eigenvalue weighted by atomic mass is 9.98. The fourth-order valence-corrected chi connectivity index (χ4v) is 4.16. The summed E-state index contributed by atoms with van der Waals surface area (Å²) in [5.74, 6) is 2.71. The van der Waals surface area contributed by atoms with Crippen LogP contribution in [0.25, 0.3) is 0 Å². The molecule has 0 aliphatic carbocycles. The molecule has 0 atom stereocenters. The molecule has 0 radical (unpaired) electrons. The van der Waals surface area contributed by atoms with Crippen molar-refractivity contribution in [3.05, 3.63) is 11.1 Å². The number of halogens is 1. The largest absolute Gasteiger partial charge is 0.492 e. The van der Waals surface area contributed by atoms with Gasteiger partial charge in [0.05, 0.1) is 28.4 Å². The Morgan fingerprint density at radius 1 is 0.536 bits per heavy atom. The molecule has 0 unspecified atom stereocenters. The van der Waals surface area contributed by atoms with E-state index in [4.69, 9.17) is 18.9 Å². The van der Waals surface area contributed by atoms with Crippen LogP contribution in [0.5, 0.6) is 23.0 Å². The highest BCUT2D eigenvalue weighted by Gasteiger charge is 2.24. The maximum absolute atomic E-state index is 5.68. The van der Waals surface area contributed by atoms with Gasteiger partial charge in [-0.15, -0.1) is 0 Å². The van der Waals surface area contributed by atoms with Crippen LogP contribution < -0.4 is 18.9 Å². The Morgan fingerprint density at radius 3 is 1.36 bits per heavy atom. The standard InChI is InChI=1S/C23H39BrO4/c1-18-19(16-14-12-10-8-6-7-9-11-13-15-17-24)21(26-3)23(28-5)22(27-4)20(18)25-2/h6-17H2,1-5H3. The molecule has 0 N–H and O–H groups in total. The van der Waals surface area contributed by atoms with Crippen LogP contribution in [0.3, 0.4) is 0 Å². The number of rotatable bonds is 16. The molecular weight excluding hydrogens is 420 g/mol. The highest BCUT2D eigenvalue weighted by Crippen LogP contribution is 2.49. The first-order valence-corrected chi connectivity index (χ1v) is 11.7. The van der Waals surface area contributed by atoms with E-state index >= 15 is 0 Å². The number of benzene rings is 1. The topological polar surface area (TPSA) is 36.9 Å². The maximum Gasteiger partial charge on any atom is 0.207 e. The Labute approximate surface area is 180 Å². The second-order valence-corrected chi connectivity index (χ2v) is 8.00. The number of ether oxygens (including phenoxy) is 4. The summed E-state index contributed by atoms with van der Waals surface area (Å²) in [7, 11) is 6.62. The molecule has 5 heteroatoms. The highest BCUT2D eigenvalue weighted by atomic mass is 79.9. The van der Waals surface area contributed by atoms with Crippen molar-refractivity contribution in [2.24, 2.45) is 0 Å². The third-order valence-corrected chi connectivity index (χ3v) is 5.87. The summed E-state index contributed by atoms with van der Waals surface area (Å²) in [6.45, 7) is 2.06. The number of hydrogen-bond acceptors (Lipinski definition) is 4. The molecule has 0 amide bonds. The normalized spacial score (nSPS) is 10.8. The van der Waals surface area contributed by atoms with Gasteiger partial charge in [0.25, 0.3) is 0 Å². The smallest absolute Gasteiger partial charge is 0.207 e. The first-order valence-electron chi connectivity index (χ1n) is 10.6. The Kier molecular flexibility index (Phi) is 13.2. The summed E-state index contributed by atoms with van der Waals surface area (Å²) in [5.41, 5.74) is 2.23. The molecule has 1 aromatic carbocycles. The van der Waals surface area contributed by atoms with Crippen molar-refractivity contribution in [1.82, 2.24) is 0 Å². The van der Waals surface area contributed by atoms with Gasteiger partial charge in [0, 0.05) is 16.5 Å². The first kappa shape index (κ1) is 24.9. The van der Waals surface area contributed by atoms with E-state index in [0.29, 0.717) is 11.5 Å². The summed E-state index contributed by atoms with van der Waals surface area (Å²) in [6.07, 6.45) is 14.1. The molecule has 0 fully saturated rings. The second-order valence-electron chi connectivity index (χ2n) is 7.21. The molecule has 1 aromatic rings. The minimum absolute atomic E-state index is 0.597. The van der Waals surface area contributed by atoms with Crippen LogP contribution >= 0.6 is 15.9 Å². The van der Waals surface area contributed by atoms with Crippen LogP contribution in [0.2, 0.25) is 0 Å². The first-order chi connectivity index (χ1) is 13.7. The summed E-state index contributed by atoms with van der Waals surface area (Å²) in [6, 6.07) is 0. The maximum atomic E-state index is 5.68. The van der Waals surface area contributed by atoms with Crippen molar-refractivity contribution in [2.45, 2.75) is 77.6 Å². The number of methoxy groups -OCH3 is 4. The van der Waals surface area contributed by atoms with Crippen molar-refractivity contribution in [2.75, 3.05) is 33.8 Å². The monoisotopic (exact) mass is 458 g/mol. The predicted molar refractivity (Wildman–Crippen MR) is 121 cm³/mol. The fraction of sp³-hybridized carbons (Fsp3) is 0.739. The average Bonchev–Trinajstić information content (AvgIpc) is 2.71. The zero-order valence-electron chi connectivity index (χ0n) is 18.5.